The molecular formula is C21H22O6. The van der Waals surface area contributed by atoms with Crippen LogP contribution in [0.1, 0.15) is 17.5 Å². The highest BCUT2D eigenvalue weighted by Crippen LogP contribution is 2.44. The van der Waals surface area contributed by atoms with Crippen LogP contribution in [0.25, 0.3) is 11.1 Å². The quantitative estimate of drug-likeness (QED) is 0.843. The van der Waals surface area contributed by atoms with Crippen molar-refractivity contribution in [1.82, 2.24) is 0 Å². The summed E-state index contributed by atoms with van der Waals surface area (Å²) in [5, 5.41) is 10.2. The molecule has 0 saturated carbocycles. The molecule has 0 heterocycles. The fourth-order valence-electron chi connectivity index (χ4n) is 3.30. The van der Waals surface area contributed by atoms with Gasteiger partial charge in [-0.05, 0) is 41.0 Å². The van der Waals surface area contributed by atoms with Crippen LogP contribution in [0.4, 0.5) is 0 Å². The van der Waals surface area contributed by atoms with E-state index in [1.54, 1.807) is 19.2 Å². The molecule has 1 atom stereocenters. The van der Waals surface area contributed by atoms with E-state index < -0.39 is 6.10 Å². The van der Waals surface area contributed by atoms with Crippen LogP contribution in [-0.4, -0.2) is 45.4 Å². The maximum absolute atomic E-state index is 12.7. The van der Waals surface area contributed by atoms with E-state index in [-0.39, 0.29) is 12.2 Å². The SMILES string of the molecule is COc1ccc(C2=C(c3cc(OC)c(OC)c(OC)c3)C(=O)C(O)C2)cc1. The van der Waals surface area contributed by atoms with E-state index in [1.807, 2.05) is 24.3 Å². The van der Waals surface area contributed by atoms with E-state index in [4.69, 9.17) is 18.9 Å². The van der Waals surface area contributed by atoms with Gasteiger partial charge in [0.15, 0.2) is 17.3 Å². The Morgan fingerprint density at radius 1 is 0.852 bits per heavy atom. The maximum Gasteiger partial charge on any atom is 0.203 e. The molecule has 1 N–H and O–H groups in total. The van der Waals surface area contributed by atoms with Crippen LogP contribution in [0.5, 0.6) is 23.0 Å². The number of carbonyl (C=O) groups excluding carboxylic acids is 1. The van der Waals surface area contributed by atoms with Crippen molar-refractivity contribution in [2.24, 2.45) is 0 Å². The number of ketones is 1. The van der Waals surface area contributed by atoms with E-state index in [0.29, 0.717) is 28.4 Å². The highest BCUT2D eigenvalue weighted by molar-refractivity contribution is 6.33. The van der Waals surface area contributed by atoms with E-state index >= 15 is 0 Å². The van der Waals surface area contributed by atoms with Crippen LogP contribution in [-0.2, 0) is 4.79 Å². The lowest BCUT2D eigenvalue weighted by Gasteiger charge is -2.15. The number of hydrogen-bond acceptors (Lipinski definition) is 6. The molecule has 2 aromatic rings. The molecule has 6 heteroatoms. The second-order valence-corrected chi connectivity index (χ2v) is 6.08. The molecule has 3 rings (SSSR count). The largest absolute Gasteiger partial charge is 0.497 e. The number of carbonyl (C=O) groups is 1. The Kier molecular flexibility index (Phi) is 5.37. The summed E-state index contributed by atoms with van der Waals surface area (Å²) in [6, 6.07) is 10.8. The van der Waals surface area contributed by atoms with Gasteiger partial charge in [-0.15, -0.1) is 0 Å². The predicted octanol–water partition coefficient (Wildman–Crippen LogP) is 2.97. The summed E-state index contributed by atoms with van der Waals surface area (Å²) in [4.78, 5) is 12.7. The number of aliphatic hydroxyl groups is 1. The van der Waals surface area contributed by atoms with Crippen LogP contribution in [0.2, 0.25) is 0 Å². The Balaban J connectivity index is 2.19. The van der Waals surface area contributed by atoms with E-state index in [0.717, 1.165) is 16.9 Å². The van der Waals surface area contributed by atoms with Crippen LogP contribution < -0.4 is 18.9 Å². The molecule has 0 spiro atoms. The summed E-state index contributed by atoms with van der Waals surface area (Å²) in [6.07, 6.45) is -0.826. The van der Waals surface area contributed by atoms with Crippen molar-refractivity contribution in [2.45, 2.75) is 12.5 Å². The van der Waals surface area contributed by atoms with E-state index in [1.165, 1.54) is 21.3 Å². The molecule has 6 nitrogen and oxygen atoms in total. The minimum Gasteiger partial charge on any atom is -0.497 e. The highest BCUT2D eigenvalue weighted by Gasteiger charge is 2.34. The third kappa shape index (κ3) is 3.36. The van der Waals surface area contributed by atoms with Gasteiger partial charge in [0.05, 0.1) is 28.4 Å². The zero-order chi connectivity index (χ0) is 19.6. The number of Topliss-reactive ketones (excluding diaryl/α,β-unsaturated/α-hetero) is 1. The number of benzene rings is 2. The number of methoxy groups -OCH3 is 4. The molecule has 2 aromatic carbocycles. The monoisotopic (exact) mass is 370 g/mol. The third-order valence-electron chi connectivity index (χ3n) is 4.64. The molecule has 0 amide bonds. The Morgan fingerprint density at radius 3 is 1.93 bits per heavy atom. The summed E-state index contributed by atoms with van der Waals surface area (Å²) in [5.74, 6) is 1.74. The second-order valence-electron chi connectivity index (χ2n) is 6.08. The van der Waals surface area contributed by atoms with Crippen molar-refractivity contribution in [3.63, 3.8) is 0 Å². The zero-order valence-electron chi connectivity index (χ0n) is 15.7. The van der Waals surface area contributed by atoms with Crippen molar-refractivity contribution >= 4 is 16.9 Å². The van der Waals surface area contributed by atoms with Crippen molar-refractivity contribution in [2.75, 3.05) is 28.4 Å². The van der Waals surface area contributed by atoms with Gasteiger partial charge in [0, 0.05) is 12.0 Å². The Morgan fingerprint density at radius 2 is 1.44 bits per heavy atom. The van der Waals surface area contributed by atoms with E-state index in [2.05, 4.69) is 0 Å². The summed E-state index contributed by atoms with van der Waals surface area (Å²) >= 11 is 0. The molecule has 142 valence electrons. The van der Waals surface area contributed by atoms with Crippen molar-refractivity contribution in [3.8, 4) is 23.0 Å². The molecule has 0 aliphatic heterocycles. The van der Waals surface area contributed by atoms with Gasteiger partial charge in [0.1, 0.15) is 11.9 Å². The molecule has 1 aliphatic rings. The molecule has 0 saturated heterocycles. The van der Waals surface area contributed by atoms with E-state index in [9.17, 15) is 9.90 Å². The van der Waals surface area contributed by atoms with Crippen LogP contribution in [0.3, 0.4) is 0 Å². The molecule has 0 fully saturated rings. The van der Waals surface area contributed by atoms with Gasteiger partial charge in [0.25, 0.3) is 0 Å². The lowest BCUT2D eigenvalue weighted by atomic mass is 9.96. The smallest absolute Gasteiger partial charge is 0.203 e. The molecule has 1 unspecified atom stereocenters. The molecule has 0 bridgehead atoms. The van der Waals surface area contributed by atoms with Gasteiger partial charge in [-0.25, -0.2) is 0 Å². The minimum absolute atomic E-state index is 0.247. The summed E-state index contributed by atoms with van der Waals surface area (Å²) in [5.41, 5.74) is 2.68. The first-order chi connectivity index (χ1) is 13.0. The first-order valence-corrected chi connectivity index (χ1v) is 8.44. The highest BCUT2D eigenvalue weighted by atomic mass is 16.5. The summed E-state index contributed by atoms with van der Waals surface area (Å²) < 4.78 is 21.3. The maximum atomic E-state index is 12.7. The number of rotatable bonds is 6. The Bertz CT molecular complexity index is 857. The normalized spacial score (nSPS) is 16.5. The average molecular weight is 370 g/mol. The summed E-state index contributed by atoms with van der Waals surface area (Å²) in [6.45, 7) is 0. The number of hydrogen-bond donors (Lipinski definition) is 1. The molecular weight excluding hydrogens is 348 g/mol. The first kappa shape index (κ1) is 18.8. The van der Waals surface area contributed by atoms with Crippen LogP contribution >= 0.6 is 0 Å². The summed E-state index contributed by atoms with van der Waals surface area (Å²) in [7, 11) is 6.15. The van der Waals surface area contributed by atoms with Gasteiger partial charge in [-0.1, -0.05) is 12.1 Å². The first-order valence-electron chi connectivity index (χ1n) is 8.44. The van der Waals surface area contributed by atoms with Gasteiger partial charge in [-0.3, -0.25) is 4.79 Å². The Labute approximate surface area is 157 Å². The van der Waals surface area contributed by atoms with Crippen molar-refractivity contribution in [1.29, 1.82) is 0 Å². The van der Waals surface area contributed by atoms with Gasteiger partial charge < -0.3 is 24.1 Å². The predicted molar refractivity (Wildman–Crippen MR) is 102 cm³/mol. The average Bonchev–Trinajstić information content (AvgIpc) is 3.01. The lowest BCUT2D eigenvalue weighted by molar-refractivity contribution is -0.120. The van der Waals surface area contributed by atoms with Gasteiger partial charge >= 0.3 is 0 Å². The molecule has 27 heavy (non-hydrogen) atoms. The molecule has 0 radical (unpaired) electrons. The zero-order valence-corrected chi connectivity index (χ0v) is 15.7. The molecule has 1 aliphatic carbocycles. The van der Waals surface area contributed by atoms with Crippen LogP contribution in [0, 0.1) is 0 Å². The molecule has 0 aromatic heterocycles. The van der Waals surface area contributed by atoms with Gasteiger partial charge in [0.2, 0.25) is 5.75 Å². The van der Waals surface area contributed by atoms with Crippen LogP contribution in [0.15, 0.2) is 36.4 Å². The number of ether oxygens (including phenoxy) is 4. The fourth-order valence-corrected chi connectivity index (χ4v) is 3.30. The minimum atomic E-state index is -1.07. The van der Waals surface area contributed by atoms with Crippen molar-refractivity contribution in [3.05, 3.63) is 47.5 Å². The van der Waals surface area contributed by atoms with Gasteiger partial charge in [-0.2, -0.15) is 0 Å². The lowest BCUT2D eigenvalue weighted by Crippen LogP contribution is -2.14. The fraction of sp³-hybridized carbons (Fsp3) is 0.286. The third-order valence-corrected chi connectivity index (χ3v) is 4.64. The standard InChI is InChI=1S/C21H22O6/c1-24-14-7-5-12(6-8-14)15-11-16(22)20(23)19(15)13-9-17(25-2)21(27-4)18(10-13)26-3/h5-10,16,22H,11H2,1-4H3. The number of aliphatic hydroxyl groups excluding tert-OH is 1. The Hall–Kier alpha value is -2.99. The topological polar surface area (TPSA) is 74.2 Å². The van der Waals surface area contributed by atoms with Crippen molar-refractivity contribution < 1.29 is 28.8 Å². The second kappa shape index (κ2) is 7.72.